The maximum Gasteiger partial charge on any atom is 0.407 e. The Morgan fingerprint density at radius 2 is 1.81 bits per heavy atom. The van der Waals surface area contributed by atoms with Crippen LogP contribution >= 0.6 is 0 Å². The maximum atomic E-state index is 12.4. The Bertz CT molecular complexity index is 896. The van der Waals surface area contributed by atoms with Crippen LogP contribution in [-0.2, 0) is 16.1 Å². The summed E-state index contributed by atoms with van der Waals surface area (Å²) >= 11 is 0. The zero-order chi connectivity index (χ0) is 23.1. The molecule has 1 aromatic heterocycles. The summed E-state index contributed by atoms with van der Waals surface area (Å²) in [5.41, 5.74) is 0.804. The molecular formula is C24H33N3O5. The molecule has 1 N–H and O–H groups in total. The third-order valence-corrected chi connectivity index (χ3v) is 5.20. The molecule has 1 aliphatic carbocycles. The number of aromatic nitrogens is 2. The lowest BCUT2D eigenvalue weighted by Crippen LogP contribution is -2.41. The molecule has 8 heteroatoms. The number of benzene rings is 1. The van der Waals surface area contributed by atoms with Crippen molar-refractivity contribution >= 4 is 12.1 Å². The number of carbonyl (C=O) groups is 2. The van der Waals surface area contributed by atoms with Gasteiger partial charge in [-0.25, -0.2) is 9.59 Å². The Labute approximate surface area is 189 Å². The molecule has 1 saturated carbocycles. The highest BCUT2D eigenvalue weighted by molar-refractivity contribution is 5.91. The van der Waals surface area contributed by atoms with Crippen LogP contribution in [-0.4, -0.2) is 40.1 Å². The number of carbonyl (C=O) groups excluding carboxylic acids is 2. The zero-order valence-electron chi connectivity index (χ0n) is 19.3. The molecule has 0 saturated heterocycles. The van der Waals surface area contributed by atoms with Crippen molar-refractivity contribution in [2.24, 2.45) is 0 Å². The molecule has 174 valence electrons. The quantitative estimate of drug-likeness (QED) is 0.627. The molecule has 1 aromatic carbocycles. The molecule has 1 aliphatic rings. The molecule has 1 amide bonds. The number of nitrogens with one attached hydrogen (secondary N) is 1. The van der Waals surface area contributed by atoms with Crippen LogP contribution in [0.25, 0.3) is 0 Å². The highest BCUT2D eigenvalue weighted by atomic mass is 16.6. The molecule has 0 bridgehead atoms. The maximum absolute atomic E-state index is 12.4. The fourth-order valence-electron chi connectivity index (χ4n) is 3.70. The number of ether oxygens (including phenoxy) is 3. The van der Waals surface area contributed by atoms with E-state index in [0.717, 1.165) is 31.2 Å². The van der Waals surface area contributed by atoms with E-state index in [1.807, 2.05) is 51.1 Å². The van der Waals surface area contributed by atoms with Crippen molar-refractivity contribution < 1.29 is 23.8 Å². The van der Waals surface area contributed by atoms with Gasteiger partial charge >= 0.3 is 12.1 Å². The molecule has 8 nitrogen and oxygen atoms in total. The second kappa shape index (κ2) is 10.5. The SMILES string of the molecule is CCOC(=O)c1cn([C@H]2CC[C@H](NC(=O)OC(C)(C)C)CC2)nc1OCc1ccccc1. The van der Waals surface area contributed by atoms with Crippen molar-refractivity contribution in [3.8, 4) is 5.88 Å². The van der Waals surface area contributed by atoms with Gasteiger partial charge in [0.1, 0.15) is 17.8 Å². The Morgan fingerprint density at radius 1 is 1.12 bits per heavy atom. The fourth-order valence-corrected chi connectivity index (χ4v) is 3.70. The average molecular weight is 444 g/mol. The Hall–Kier alpha value is -3.03. The van der Waals surface area contributed by atoms with E-state index in [4.69, 9.17) is 14.2 Å². The van der Waals surface area contributed by atoms with Gasteiger partial charge in [0.2, 0.25) is 5.88 Å². The number of rotatable bonds is 7. The van der Waals surface area contributed by atoms with Crippen molar-refractivity contribution in [2.45, 2.75) is 77.7 Å². The third-order valence-electron chi connectivity index (χ3n) is 5.20. The first-order valence-electron chi connectivity index (χ1n) is 11.2. The minimum Gasteiger partial charge on any atom is -0.471 e. The van der Waals surface area contributed by atoms with Gasteiger partial charge in [0, 0.05) is 12.2 Å². The highest BCUT2D eigenvalue weighted by Gasteiger charge is 2.28. The minimum absolute atomic E-state index is 0.0648. The van der Waals surface area contributed by atoms with Gasteiger partial charge in [0.25, 0.3) is 0 Å². The van der Waals surface area contributed by atoms with E-state index >= 15 is 0 Å². The van der Waals surface area contributed by atoms with E-state index < -0.39 is 11.6 Å². The number of esters is 1. The highest BCUT2D eigenvalue weighted by Crippen LogP contribution is 2.31. The van der Waals surface area contributed by atoms with Crippen molar-refractivity contribution in [1.29, 1.82) is 0 Å². The molecule has 3 rings (SSSR count). The first-order valence-corrected chi connectivity index (χ1v) is 11.2. The summed E-state index contributed by atoms with van der Waals surface area (Å²) < 4.78 is 18.2. The van der Waals surface area contributed by atoms with Crippen molar-refractivity contribution in [1.82, 2.24) is 15.1 Å². The van der Waals surface area contributed by atoms with Crippen LogP contribution in [0, 0.1) is 0 Å². The van der Waals surface area contributed by atoms with Gasteiger partial charge in [-0.2, -0.15) is 0 Å². The number of nitrogens with zero attached hydrogens (tertiary/aromatic N) is 2. The van der Waals surface area contributed by atoms with E-state index in [2.05, 4.69) is 10.4 Å². The number of hydrogen-bond donors (Lipinski definition) is 1. The molecule has 1 fully saturated rings. The first-order chi connectivity index (χ1) is 15.2. The van der Waals surface area contributed by atoms with Crippen LogP contribution < -0.4 is 10.1 Å². The normalized spacial score (nSPS) is 18.6. The van der Waals surface area contributed by atoms with Gasteiger partial charge in [-0.1, -0.05) is 30.3 Å². The topological polar surface area (TPSA) is 91.7 Å². The molecule has 0 aliphatic heterocycles. The summed E-state index contributed by atoms with van der Waals surface area (Å²) in [7, 11) is 0. The summed E-state index contributed by atoms with van der Waals surface area (Å²) in [6.07, 6.45) is 4.58. The van der Waals surface area contributed by atoms with Crippen molar-refractivity contribution in [3.05, 3.63) is 47.7 Å². The van der Waals surface area contributed by atoms with E-state index in [-0.39, 0.29) is 30.7 Å². The summed E-state index contributed by atoms with van der Waals surface area (Å²) in [6.45, 7) is 7.91. The van der Waals surface area contributed by atoms with E-state index in [9.17, 15) is 9.59 Å². The van der Waals surface area contributed by atoms with E-state index in [1.54, 1.807) is 17.8 Å². The van der Waals surface area contributed by atoms with E-state index in [0.29, 0.717) is 12.2 Å². The van der Waals surface area contributed by atoms with Gasteiger partial charge < -0.3 is 19.5 Å². The van der Waals surface area contributed by atoms with Crippen LogP contribution in [0.3, 0.4) is 0 Å². The Kier molecular flexibility index (Phi) is 7.77. The van der Waals surface area contributed by atoms with Gasteiger partial charge in [-0.3, -0.25) is 4.68 Å². The largest absolute Gasteiger partial charge is 0.471 e. The van der Waals surface area contributed by atoms with Gasteiger partial charge in [-0.05, 0) is 58.9 Å². The first kappa shape index (κ1) is 23.6. The second-order valence-electron chi connectivity index (χ2n) is 8.97. The summed E-state index contributed by atoms with van der Waals surface area (Å²) in [5, 5.41) is 7.52. The standard InChI is InChI=1S/C24H33N3O5/c1-5-30-22(28)20-15-27(26-21(20)31-16-17-9-7-6-8-10-17)19-13-11-18(12-14-19)25-23(29)32-24(2,3)4/h6-10,15,18-19H,5,11-14,16H2,1-4H3,(H,25,29)/t18-,19-. The minimum atomic E-state index is -0.518. The molecular weight excluding hydrogens is 410 g/mol. The van der Waals surface area contributed by atoms with E-state index in [1.165, 1.54) is 0 Å². The molecule has 1 heterocycles. The predicted octanol–water partition coefficient (Wildman–Crippen LogP) is 4.65. The van der Waals surface area contributed by atoms with Crippen LogP contribution in [0.5, 0.6) is 5.88 Å². The lowest BCUT2D eigenvalue weighted by Gasteiger charge is -2.30. The molecule has 0 unspecified atom stereocenters. The molecule has 0 atom stereocenters. The number of hydrogen-bond acceptors (Lipinski definition) is 6. The molecule has 0 spiro atoms. The summed E-state index contributed by atoms with van der Waals surface area (Å²) in [5.74, 6) is -0.164. The van der Waals surface area contributed by atoms with Crippen LogP contribution in [0.2, 0.25) is 0 Å². The third kappa shape index (κ3) is 6.73. The van der Waals surface area contributed by atoms with Gasteiger partial charge in [-0.15, -0.1) is 5.10 Å². The van der Waals surface area contributed by atoms with Gasteiger partial charge in [0.05, 0.1) is 12.6 Å². The lowest BCUT2D eigenvalue weighted by atomic mass is 9.91. The van der Waals surface area contributed by atoms with Crippen molar-refractivity contribution in [3.63, 3.8) is 0 Å². The zero-order valence-corrected chi connectivity index (χ0v) is 19.3. The van der Waals surface area contributed by atoms with Crippen LogP contribution in [0.15, 0.2) is 36.5 Å². The Morgan fingerprint density at radius 3 is 2.44 bits per heavy atom. The average Bonchev–Trinajstić information content (AvgIpc) is 3.17. The Balaban J connectivity index is 1.63. The molecule has 0 radical (unpaired) electrons. The predicted molar refractivity (Wildman–Crippen MR) is 120 cm³/mol. The summed E-state index contributed by atoms with van der Waals surface area (Å²) in [6, 6.07) is 9.92. The van der Waals surface area contributed by atoms with Crippen LogP contribution in [0.1, 0.15) is 75.3 Å². The smallest absolute Gasteiger partial charge is 0.407 e. The lowest BCUT2D eigenvalue weighted by molar-refractivity contribution is 0.0483. The van der Waals surface area contributed by atoms with Crippen molar-refractivity contribution in [2.75, 3.05) is 6.61 Å². The number of amides is 1. The van der Waals surface area contributed by atoms with Gasteiger partial charge in [0.15, 0.2) is 0 Å². The fraction of sp³-hybridized carbons (Fsp3) is 0.542. The molecule has 32 heavy (non-hydrogen) atoms. The molecule has 2 aromatic rings. The number of alkyl carbamates (subject to hydrolysis) is 1. The summed E-state index contributed by atoms with van der Waals surface area (Å²) in [4.78, 5) is 24.5. The monoisotopic (exact) mass is 443 g/mol. The second-order valence-corrected chi connectivity index (χ2v) is 8.97. The van der Waals surface area contributed by atoms with Crippen LogP contribution in [0.4, 0.5) is 4.79 Å².